The van der Waals surface area contributed by atoms with Crippen molar-refractivity contribution in [2.75, 3.05) is 19.6 Å². The molecule has 2 rings (SSSR count). The number of amides is 2. The molecule has 116 valence electrons. The van der Waals surface area contributed by atoms with Crippen LogP contribution in [0.1, 0.15) is 25.3 Å². The normalized spacial score (nSPS) is 14.9. The summed E-state index contributed by atoms with van der Waals surface area (Å²) in [6.07, 6.45) is 1.38. The van der Waals surface area contributed by atoms with Gasteiger partial charge < -0.3 is 10.2 Å². The van der Waals surface area contributed by atoms with Crippen LogP contribution in [0.5, 0.6) is 0 Å². The summed E-state index contributed by atoms with van der Waals surface area (Å²) in [5.74, 6) is 5.41. The molecule has 1 heterocycles. The number of piperidine rings is 1. The molecular formula is C17H19FN2O2. The lowest BCUT2D eigenvalue weighted by molar-refractivity contribution is -0.133. The van der Waals surface area contributed by atoms with E-state index in [0.29, 0.717) is 31.5 Å². The molecule has 0 saturated carbocycles. The Labute approximate surface area is 129 Å². The molecule has 1 aliphatic heterocycles. The van der Waals surface area contributed by atoms with Crippen LogP contribution in [0.3, 0.4) is 0 Å². The van der Waals surface area contributed by atoms with Gasteiger partial charge in [-0.1, -0.05) is 11.8 Å². The van der Waals surface area contributed by atoms with Gasteiger partial charge in [0, 0.05) is 31.5 Å². The molecule has 1 aromatic carbocycles. The highest BCUT2D eigenvalue weighted by molar-refractivity contribution is 5.79. The standard InChI is InChI=1S/C17H19FN2O2/c1-13(21)20-11-8-15(9-12-20)17(22)19-10-2-3-14-4-6-16(18)7-5-14/h4-7,15H,8-12H2,1H3,(H,19,22). The number of carbonyl (C=O) groups is 2. The lowest BCUT2D eigenvalue weighted by Gasteiger charge is -2.30. The zero-order chi connectivity index (χ0) is 15.9. The third-order valence-corrected chi connectivity index (χ3v) is 3.74. The number of rotatable bonds is 2. The van der Waals surface area contributed by atoms with Gasteiger partial charge in [0.05, 0.1) is 6.54 Å². The van der Waals surface area contributed by atoms with Crippen LogP contribution in [-0.4, -0.2) is 36.3 Å². The minimum Gasteiger partial charge on any atom is -0.345 e. The number of nitrogens with zero attached hydrogens (tertiary/aromatic N) is 1. The third kappa shape index (κ3) is 4.59. The summed E-state index contributed by atoms with van der Waals surface area (Å²) >= 11 is 0. The number of nitrogens with one attached hydrogen (secondary N) is 1. The molecule has 0 aromatic heterocycles. The van der Waals surface area contributed by atoms with E-state index in [0.717, 1.165) is 0 Å². The van der Waals surface area contributed by atoms with Gasteiger partial charge in [-0.2, -0.15) is 0 Å². The van der Waals surface area contributed by atoms with Crippen LogP contribution in [0.15, 0.2) is 24.3 Å². The molecule has 0 bridgehead atoms. The van der Waals surface area contributed by atoms with Gasteiger partial charge in [-0.05, 0) is 37.1 Å². The fourth-order valence-corrected chi connectivity index (χ4v) is 2.41. The molecule has 22 heavy (non-hydrogen) atoms. The zero-order valence-electron chi connectivity index (χ0n) is 12.6. The molecule has 1 saturated heterocycles. The third-order valence-electron chi connectivity index (χ3n) is 3.74. The van der Waals surface area contributed by atoms with E-state index >= 15 is 0 Å². The Hall–Kier alpha value is -2.35. The summed E-state index contributed by atoms with van der Waals surface area (Å²) in [4.78, 5) is 25.0. The SMILES string of the molecule is CC(=O)N1CCC(C(=O)NCC#Cc2ccc(F)cc2)CC1. The number of likely N-dealkylation sites (tertiary alicyclic amines) is 1. The van der Waals surface area contributed by atoms with Crippen LogP contribution in [-0.2, 0) is 9.59 Å². The van der Waals surface area contributed by atoms with Crippen LogP contribution in [0.4, 0.5) is 4.39 Å². The zero-order valence-corrected chi connectivity index (χ0v) is 12.6. The van der Waals surface area contributed by atoms with Gasteiger partial charge in [0.15, 0.2) is 0 Å². The topological polar surface area (TPSA) is 49.4 Å². The maximum Gasteiger partial charge on any atom is 0.223 e. The fourth-order valence-electron chi connectivity index (χ4n) is 2.41. The van der Waals surface area contributed by atoms with E-state index in [1.807, 2.05) is 0 Å². The molecule has 1 aliphatic rings. The monoisotopic (exact) mass is 302 g/mol. The average Bonchev–Trinajstić information content (AvgIpc) is 2.53. The van der Waals surface area contributed by atoms with Crippen molar-refractivity contribution in [1.29, 1.82) is 0 Å². The second kappa shape index (κ2) is 7.60. The van der Waals surface area contributed by atoms with Crippen molar-refractivity contribution in [1.82, 2.24) is 10.2 Å². The van der Waals surface area contributed by atoms with Crippen LogP contribution in [0, 0.1) is 23.6 Å². The molecule has 1 N–H and O–H groups in total. The number of carbonyl (C=O) groups excluding carboxylic acids is 2. The second-order valence-corrected chi connectivity index (χ2v) is 5.31. The van der Waals surface area contributed by atoms with E-state index in [1.165, 1.54) is 12.1 Å². The largest absolute Gasteiger partial charge is 0.345 e. The predicted octanol–water partition coefficient (Wildman–Crippen LogP) is 1.55. The van der Waals surface area contributed by atoms with Gasteiger partial charge in [-0.3, -0.25) is 9.59 Å². The first-order valence-corrected chi connectivity index (χ1v) is 7.34. The van der Waals surface area contributed by atoms with E-state index < -0.39 is 0 Å². The van der Waals surface area contributed by atoms with Crippen molar-refractivity contribution in [3.8, 4) is 11.8 Å². The van der Waals surface area contributed by atoms with Gasteiger partial charge in [0.2, 0.25) is 11.8 Å². The average molecular weight is 302 g/mol. The van der Waals surface area contributed by atoms with Crippen LogP contribution in [0.2, 0.25) is 0 Å². The summed E-state index contributed by atoms with van der Waals surface area (Å²) in [6, 6.07) is 5.90. The first-order valence-electron chi connectivity index (χ1n) is 7.34. The van der Waals surface area contributed by atoms with Gasteiger partial charge in [0.25, 0.3) is 0 Å². The molecule has 2 amide bonds. The second-order valence-electron chi connectivity index (χ2n) is 5.31. The minimum atomic E-state index is -0.296. The molecule has 4 nitrogen and oxygen atoms in total. The lowest BCUT2D eigenvalue weighted by atomic mass is 9.96. The van der Waals surface area contributed by atoms with E-state index in [1.54, 1.807) is 24.0 Å². The van der Waals surface area contributed by atoms with Crippen molar-refractivity contribution in [3.63, 3.8) is 0 Å². The highest BCUT2D eigenvalue weighted by Gasteiger charge is 2.25. The molecule has 1 fully saturated rings. The van der Waals surface area contributed by atoms with Crippen molar-refractivity contribution < 1.29 is 14.0 Å². The molecular weight excluding hydrogens is 283 g/mol. The first-order chi connectivity index (χ1) is 10.6. The molecule has 0 atom stereocenters. The summed E-state index contributed by atoms with van der Waals surface area (Å²) in [5, 5.41) is 2.79. The van der Waals surface area contributed by atoms with Crippen molar-refractivity contribution >= 4 is 11.8 Å². The predicted molar refractivity (Wildman–Crippen MR) is 81.3 cm³/mol. The molecule has 1 aromatic rings. The first kappa shape index (κ1) is 16.0. The Kier molecular flexibility index (Phi) is 5.54. The highest BCUT2D eigenvalue weighted by atomic mass is 19.1. The smallest absolute Gasteiger partial charge is 0.223 e. The number of halogens is 1. The highest BCUT2D eigenvalue weighted by Crippen LogP contribution is 2.17. The Balaban J connectivity index is 1.75. The van der Waals surface area contributed by atoms with Gasteiger partial charge in [-0.15, -0.1) is 0 Å². The van der Waals surface area contributed by atoms with Gasteiger partial charge in [0.1, 0.15) is 5.82 Å². The summed E-state index contributed by atoms with van der Waals surface area (Å²) < 4.78 is 12.7. The summed E-state index contributed by atoms with van der Waals surface area (Å²) in [5.41, 5.74) is 0.713. The molecule has 0 aliphatic carbocycles. The Morgan fingerprint density at radius 3 is 2.50 bits per heavy atom. The maximum absolute atomic E-state index is 12.7. The molecule has 0 radical (unpaired) electrons. The Morgan fingerprint density at radius 2 is 1.91 bits per heavy atom. The Bertz CT molecular complexity index is 593. The van der Waals surface area contributed by atoms with Crippen molar-refractivity contribution in [3.05, 3.63) is 35.6 Å². The van der Waals surface area contributed by atoms with Crippen LogP contribution in [0.25, 0.3) is 0 Å². The van der Waals surface area contributed by atoms with Crippen molar-refractivity contribution in [2.24, 2.45) is 5.92 Å². The van der Waals surface area contributed by atoms with Gasteiger partial charge >= 0.3 is 0 Å². The van der Waals surface area contributed by atoms with E-state index in [9.17, 15) is 14.0 Å². The van der Waals surface area contributed by atoms with Gasteiger partial charge in [-0.25, -0.2) is 4.39 Å². The van der Waals surface area contributed by atoms with E-state index in [4.69, 9.17) is 0 Å². The fraction of sp³-hybridized carbons (Fsp3) is 0.412. The Morgan fingerprint density at radius 1 is 1.27 bits per heavy atom. The number of hydrogen-bond donors (Lipinski definition) is 1. The molecule has 0 unspecified atom stereocenters. The quantitative estimate of drug-likeness (QED) is 0.843. The van der Waals surface area contributed by atoms with Crippen LogP contribution < -0.4 is 5.32 Å². The number of benzene rings is 1. The molecule has 5 heteroatoms. The van der Waals surface area contributed by atoms with Crippen molar-refractivity contribution in [2.45, 2.75) is 19.8 Å². The number of hydrogen-bond acceptors (Lipinski definition) is 2. The lowest BCUT2D eigenvalue weighted by Crippen LogP contribution is -2.42. The summed E-state index contributed by atoms with van der Waals surface area (Å²) in [6.45, 7) is 3.08. The minimum absolute atomic E-state index is 0.0170. The maximum atomic E-state index is 12.7. The van der Waals surface area contributed by atoms with E-state index in [-0.39, 0.29) is 30.1 Å². The van der Waals surface area contributed by atoms with E-state index in [2.05, 4.69) is 17.2 Å². The van der Waals surface area contributed by atoms with Crippen LogP contribution >= 0.6 is 0 Å². The molecule has 0 spiro atoms. The summed E-state index contributed by atoms with van der Waals surface area (Å²) in [7, 11) is 0.